The van der Waals surface area contributed by atoms with Crippen LogP contribution in [0.4, 0.5) is 17.1 Å². The number of benzene rings is 9. The van der Waals surface area contributed by atoms with Gasteiger partial charge in [-0.05, 0) is 112 Å². The molecule has 0 unspecified atom stereocenters. The largest absolute Gasteiger partial charge is 0.456 e. The predicted molar refractivity (Wildman–Crippen MR) is 256 cm³/mol. The summed E-state index contributed by atoms with van der Waals surface area (Å²) in [6.45, 7) is 0. The van der Waals surface area contributed by atoms with E-state index >= 15 is 0 Å². The van der Waals surface area contributed by atoms with Crippen molar-refractivity contribution in [3.05, 3.63) is 235 Å². The Morgan fingerprint density at radius 2 is 0.935 bits per heavy atom. The maximum Gasteiger partial charge on any atom is 0.266 e. The lowest BCUT2D eigenvalue weighted by Gasteiger charge is -2.26. The third kappa shape index (κ3) is 5.82. The Bertz CT molecular complexity index is 3680. The monoisotopic (exact) mass is 795 g/mol. The first-order chi connectivity index (χ1) is 30.7. The molecule has 3 heterocycles. The van der Waals surface area contributed by atoms with E-state index < -0.39 is 0 Å². The second-order valence-electron chi connectivity index (χ2n) is 15.7. The fourth-order valence-corrected chi connectivity index (χ4v) is 9.16. The highest BCUT2D eigenvalue weighted by Crippen LogP contribution is 2.44. The van der Waals surface area contributed by atoms with E-state index in [-0.39, 0.29) is 5.56 Å². The maximum atomic E-state index is 14.6. The van der Waals surface area contributed by atoms with Gasteiger partial charge in [-0.1, -0.05) is 146 Å². The van der Waals surface area contributed by atoms with Gasteiger partial charge in [0.1, 0.15) is 16.8 Å². The molecule has 0 aliphatic rings. The van der Waals surface area contributed by atoms with Gasteiger partial charge in [0, 0.05) is 22.1 Å². The van der Waals surface area contributed by atoms with Crippen molar-refractivity contribution in [3.63, 3.8) is 0 Å². The molecule has 0 saturated carbocycles. The van der Waals surface area contributed by atoms with Crippen LogP contribution in [0, 0.1) is 0 Å². The summed E-state index contributed by atoms with van der Waals surface area (Å²) in [5.74, 6) is 0. The van der Waals surface area contributed by atoms with Crippen molar-refractivity contribution in [3.8, 4) is 39.1 Å². The highest BCUT2D eigenvalue weighted by Gasteiger charge is 2.22. The number of rotatable bonds is 7. The summed E-state index contributed by atoms with van der Waals surface area (Å²) < 4.78 is 10.5. The molecule has 0 radical (unpaired) electrons. The molecule has 12 rings (SSSR count). The minimum absolute atomic E-state index is 0.0604. The van der Waals surface area contributed by atoms with Gasteiger partial charge in [-0.2, -0.15) is 0 Å². The highest BCUT2D eigenvalue weighted by atomic mass is 16.3. The number of nitrogens with zero attached hydrogens (tertiary/aromatic N) is 3. The topological polar surface area (TPSA) is 42.8 Å². The molecule has 5 heteroatoms. The van der Waals surface area contributed by atoms with Crippen molar-refractivity contribution in [1.29, 1.82) is 0 Å². The third-order valence-corrected chi connectivity index (χ3v) is 12.1. The van der Waals surface area contributed by atoms with Gasteiger partial charge in [0.25, 0.3) is 5.56 Å². The smallest absolute Gasteiger partial charge is 0.266 e. The number of hydrogen-bond donors (Lipinski definition) is 0. The molecule has 3 aromatic heterocycles. The van der Waals surface area contributed by atoms with E-state index in [9.17, 15) is 4.79 Å². The first-order valence-corrected chi connectivity index (χ1v) is 20.9. The van der Waals surface area contributed by atoms with E-state index in [1.165, 1.54) is 16.7 Å². The van der Waals surface area contributed by atoms with Gasteiger partial charge in [-0.15, -0.1) is 0 Å². The van der Waals surface area contributed by atoms with Crippen molar-refractivity contribution in [2.75, 3.05) is 4.90 Å². The standard InChI is InChI=1S/C57H37N3O2/c61-57-48-16-7-9-18-51(48)60-50-35-34-47(36-44(50)37-55(60)59(57)46-32-28-43(29-33-46)41-24-22-40(23-25-41)38-12-3-1-4-13-38)58(45-30-26-42(27-31-45)39-14-5-2-6-15-39)52-19-11-21-54-56(52)49-17-8-10-20-53(49)62-54/h1-37H. The van der Waals surface area contributed by atoms with Crippen molar-refractivity contribution >= 4 is 66.5 Å². The molecule has 0 bridgehead atoms. The summed E-state index contributed by atoms with van der Waals surface area (Å²) in [6.07, 6.45) is 0. The van der Waals surface area contributed by atoms with Crippen LogP contribution in [0.25, 0.3) is 88.5 Å². The van der Waals surface area contributed by atoms with Gasteiger partial charge in [-0.25, -0.2) is 0 Å². The third-order valence-electron chi connectivity index (χ3n) is 12.1. The molecule has 0 N–H and O–H groups in total. The van der Waals surface area contributed by atoms with E-state index in [0.29, 0.717) is 5.39 Å². The van der Waals surface area contributed by atoms with E-state index in [0.717, 1.165) is 83.4 Å². The summed E-state index contributed by atoms with van der Waals surface area (Å²) in [5.41, 5.74) is 15.0. The SMILES string of the molecule is O=c1c2ccccc2n2c3ccc(N(c4ccc(-c5ccccc5)cc4)c4cccc5oc6ccccc6c45)cc3cc2n1-c1ccc(-c2ccc(-c3ccccc3)cc2)cc1. The second kappa shape index (κ2) is 14.4. The van der Waals surface area contributed by atoms with Crippen LogP contribution in [0.15, 0.2) is 234 Å². The Morgan fingerprint density at radius 3 is 1.61 bits per heavy atom. The normalized spacial score (nSPS) is 11.6. The number of aromatic nitrogens is 2. The quantitative estimate of drug-likeness (QED) is 0.161. The molecule has 12 aromatic rings. The number of para-hydroxylation sites is 2. The lowest BCUT2D eigenvalue weighted by molar-refractivity contribution is 0.669. The first-order valence-electron chi connectivity index (χ1n) is 20.9. The summed E-state index contributed by atoms with van der Waals surface area (Å²) in [6, 6.07) is 77.7. The molecule has 0 amide bonds. The van der Waals surface area contributed by atoms with Crippen LogP contribution >= 0.6 is 0 Å². The van der Waals surface area contributed by atoms with Crippen LogP contribution in [-0.2, 0) is 0 Å². The molecule has 0 saturated heterocycles. The van der Waals surface area contributed by atoms with Crippen molar-refractivity contribution < 1.29 is 4.42 Å². The number of fused-ring (bicyclic) bond motifs is 8. The van der Waals surface area contributed by atoms with E-state index in [2.05, 4.69) is 179 Å². The summed E-state index contributed by atoms with van der Waals surface area (Å²) in [7, 11) is 0. The van der Waals surface area contributed by atoms with E-state index in [1.807, 2.05) is 59.2 Å². The zero-order valence-electron chi connectivity index (χ0n) is 33.5. The van der Waals surface area contributed by atoms with Crippen LogP contribution < -0.4 is 10.5 Å². The lowest BCUT2D eigenvalue weighted by atomic mass is 10.0. The molecular weight excluding hydrogens is 759 g/mol. The van der Waals surface area contributed by atoms with Gasteiger partial charge >= 0.3 is 0 Å². The second-order valence-corrected chi connectivity index (χ2v) is 15.7. The minimum Gasteiger partial charge on any atom is -0.456 e. The number of hydrogen-bond acceptors (Lipinski definition) is 3. The van der Waals surface area contributed by atoms with Gasteiger partial charge in [-0.3, -0.25) is 13.8 Å². The molecule has 292 valence electrons. The van der Waals surface area contributed by atoms with E-state index in [1.54, 1.807) is 0 Å². The molecule has 5 nitrogen and oxygen atoms in total. The molecule has 0 atom stereocenters. The molecule has 0 spiro atoms. The number of furan rings is 1. The van der Waals surface area contributed by atoms with Crippen LogP contribution in [0.3, 0.4) is 0 Å². The number of anilines is 3. The molecular formula is C57H37N3O2. The van der Waals surface area contributed by atoms with Crippen LogP contribution in [0.5, 0.6) is 0 Å². The Kier molecular flexibility index (Phi) is 8.25. The Hall–Kier alpha value is -8.41. The van der Waals surface area contributed by atoms with E-state index in [4.69, 9.17) is 4.42 Å². The lowest BCUT2D eigenvalue weighted by Crippen LogP contribution is -2.21. The Labute approximate surface area is 357 Å². The van der Waals surface area contributed by atoms with Crippen molar-refractivity contribution in [1.82, 2.24) is 8.97 Å². The average molecular weight is 796 g/mol. The summed E-state index contributed by atoms with van der Waals surface area (Å²) >= 11 is 0. The van der Waals surface area contributed by atoms with Crippen LogP contribution in [0.1, 0.15) is 0 Å². The first kappa shape index (κ1) is 35.5. The van der Waals surface area contributed by atoms with Gasteiger partial charge < -0.3 is 9.32 Å². The molecule has 0 aliphatic heterocycles. The van der Waals surface area contributed by atoms with Gasteiger partial charge in [0.2, 0.25) is 0 Å². The fraction of sp³-hybridized carbons (Fsp3) is 0. The maximum absolute atomic E-state index is 14.6. The van der Waals surface area contributed by atoms with Crippen molar-refractivity contribution in [2.45, 2.75) is 0 Å². The molecule has 0 aliphatic carbocycles. The summed E-state index contributed by atoms with van der Waals surface area (Å²) in [4.78, 5) is 16.9. The molecule has 9 aromatic carbocycles. The molecule has 62 heavy (non-hydrogen) atoms. The highest BCUT2D eigenvalue weighted by molar-refractivity contribution is 6.13. The summed E-state index contributed by atoms with van der Waals surface area (Å²) in [5, 5.41) is 3.77. The Morgan fingerprint density at radius 1 is 0.403 bits per heavy atom. The van der Waals surface area contributed by atoms with Crippen LogP contribution in [-0.4, -0.2) is 8.97 Å². The Balaban J connectivity index is 1.02. The fourth-order valence-electron chi connectivity index (χ4n) is 9.16. The minimum atomic E-state index is -0.0604. The average Bonchev–Trinajstić information content (AvgIpc) is 3.92. The zero-order chi connectivity index (χ0) is 41.1. The van der Waals surface area contributed by atoms with Gasteiger partial charge in [0.15, 0.2) is 0 Å². The van der Waals surface area contributed by atoms with Crippen molar-refractivity contribution in [2.24, 2.45) is 0 Å². The van der Waals surface area contributed by atoms with Crippen LogP contribution in [0.2, 0.25) is 0 Å². The zero-order valence-corrected chi connectivity index (χ0v) is 33.5. The molecule has 0 fully saturated rings. The predicted octanol–water partition coefficient (Wildman–Crippen LogP) is 14.8. The van der Waals surface area contributed by atoms with Gasteiger partial charge in [0.05, 0.1) is 33.2 Å².